The van der Waals surface area contributed by atoms with Crippen LogP contribution in [0, 0.1) is 0 Å². The van der Waals surface area contributed by atoms with Crippen LogP contribution < -0.4 is 10.0 Å². The number of hydrogen-bond acceptors (Lipinski definition) is 4. The Labute approximate surface area is 129 Å². The van der Waals surface area contributed by atoms with E-state index in [-0.39, 0.29) is 6.42 Å². The van der Waals surface area contributed by atoms with Gasteiger partial charge in [0.15, 0.2) is 0 Å². The minimum Gasteiger partial charge on any atom is -0.481 e. The zero-order chi connectivity index (χ0) is 17.0. The number of carbonyl (C=O) groups excluding carboxylic acids is 1. The molecule has 8 heteroatoms. The summed E-state index contributed by atoms with van der Waals surface area (Å²) in [5.74, 6) is -1.36. The van der Waals surface area contributed by atoms with Gasteiger partial charge in [0.25, 0.3) is 0 Å². The van der Waals surface area contributed by atoms with Gasteiger partial charge in [-0.2, -0.15) is 0 Å². The summed E-state index contributed by atoms with van der Waals surface area (Å²) in [4.78, 5) is 22.6. The molecule has 0 fully saturated rings. The van der Waals surface area contributed by atoms with Gasteiger partial charge in [-0.3, -0.25) is 9.59 Å². The molecule has 0 atom stereocenters. The highest BCUT2D eigenvalue weighted by molar-refractivity contribution is 7.88. The molecule has 0 heterocycles. The minimum atomic E-state index is -3.51. The van der Waals surface area contributed by atoms with E-state index < -0.39 is 27.4 Å². The van der Waals surface area contributed by atoms with Gasteiger partial charge in [0.2, 0.25) is 15.9 Å². The van der Waals surface area contributed by atoms with Gasteiger partial charge in [0, 0.05) is 12.1 Å². The van der Waals surface area contributed by atoms with Gasteiger partial charge in [-0.1, -0.05) is 12.1 Å². The number of carboxylic acid groups (broad SMARTS) is 1. The summed E-state index contributed by atoms with van der Waals surface area (Å²) in [5.41, 5.74) is 0.0663. The van der Waals surface area contributed by atoms with Gasteiger partial charge in [0.1, 0.15) is 5.54 Å². The highest BCUT2D eigenvalue weighted by atomic mass is 32.2. The molecule has 22 heavy (non-hydrogen) atoms. The second-order valence-corrected chi connectivity index (χ2v) is 7.29. The number of carbonyl (C=O) groups is 2. The van der Waals surface area contributed by atoms with E-state index >= 15 is 0 Å². The van der Waals surface area contributed by atoms with Crippen LogP contribution >= 0.6 is 0 Å². The average molecular weight is 328 g/mol. The molecule has 0 aliphatic rings. The third-order valence-electron chi connectivity index (χ3n) is 2.85. The van der Waals surface area contributed by atoms with E-state index in [1.54, 1.807) is 24.3 Å². The van der Waals surface area contributed by atoms with Crippen LogP contribution in [-0.2, 0) is 26.0 Å². The zero-order valence-corrected chi connectivity index (χ0v) is 13.5. The lowest BCUT2D eigenvalue weighted by atomic mass is 10.1. The molecule has 0 aromatic heterocycles. The fourth-order valence-electron chi connectivity index (χ4n) is 1.80. The maximum absolute atomic E-state index is 12.1. The molecular weight excluding hydrogens is 308 g/mol. The Kier molecular flexibility index (Phi) is 5.67. The van der Waals surface area contributed by atoms with Crippen molar-refractivity contribution >= 4 is 27.6 Å². The number of benzene rings is 1. The second kappa shape index (κ2) is 6.89. The molecule has 1 rings (SSSR count). The van der Waals surface area contributed by atoms with E-state index in [0.29, 0.717) is 12.1 Å². The summed E-state index contributed by atoms with van der Waals surface area (Å²) >= 11 is 0. The number of nitrogens with one attached hydrogen (secondary N) is 2. The summed E-state index contributed by atoms with van der Waals surface area (Å²) in [6, 6.07) is 6.72. The molecule has 0 saturated carbocycles. The first-order chi connectivity index (χ1) is 9.99. The normalized spacial score (nSPS) is 12.0. The van der Waals surface area contributed by atoms with Crippen LogP contribution in [0.2, 0.25) is 0 Å². The molecule has 122 valence electrons. The van der Waals surface area contributed by atoms with E-state index in [0.717, 1.165) is 11.8 Å². The van der Waals surface area contributed by atoms with Gasteiger partial charge < -0.3 is 10.4 Å². The molecule has 7 nitrogen and oxygen atoms in total. The Morgan fingerprint density at radius 2 is 1.73 bits per heavy atom. The van der Waals surface area contributed by atoms with Crippen molar-refractivity contribution in [3.63, 3.8) is 0 Å². The monoisotopic (exact) mass is 328 g/mol. The molecule has 1 amide bonds. The lowest BCUT2D eigenvalue weighted by Gasteiger charge is -2.23. The van der Waals surface area contributed by atoms with Crippen LogP contribution in [-0.4, -0.2) is 37.2 Å². The van der Waals surface area contributed by atoms with E-state index in [1.165, 1.54) is 13.8 Å². The van der Waals surface area contributed by atoms with Gasteiger partial charge in [0.05, 0.1) is 6.26 Å². The topological polar surface area (TPSA) is 113 Å². The Hall–Kier alpha value is -1.93. The number of hydrogen-bond donors (Lipinski definition) is 3. The van der Waals surface area contributed by atoms with Crippen molar-refractivity contribution in [2.24, 2.45) is 0 Å². The van der Waals surface area contributed by atoms with E-state index in [4.69, 9.17) is 5.11 Å². The first-order valence-corrected chi connectivity index (χ1v) is 8.50. The predicted molar refractivity (Wildman–Crippen MR) is 83.1 cm³/mol. The lowest BCUT2D eigenvalue weighted by Crippen LogP contribution is -2.51. The highest BCUT2D eigenvalue weighted by Gasteiger charge is 2.30. The maximum Gasteiger partial charge on any atom is 0.303 e. The Bertz CT molecular complexity index is 650. The minimum absolute atomic E-state index is 0.0387. The maximum atomic E-state index is 12.1. The van der Waals surface area contributed by atoms with Crippen molar-refractivity contribution in [1.29, 1.82) is 0 Å². The molecule has 1 aromatic rings. The summed E-state index contributed by atoms with van der Waals surface area (Å²) < 4.78 is 24.7. The molecule has 0 spiro atoms. The number of aliphatic carboxylic acids is 1. The molecule has 1 aromatic carbocycles. The third-order valence-corrected chi connectivity index (χ3v) is 3.73. The van der Waals surface area contributed by atoms with Crippen molar-refractivity contribution < 1.29 is 23.1 Å². The van der Waals surface area contributed by atoms with Gasteiger partial charge in [-0.15, -0.1) is 0 Å². The summed E-state index contributed by atoms with van der Waals surface area (Å²) in [6.07, 6.45) is 1.43. The Balaban J connectivity index is 2.70. The van der Waals surface area contributed by atoms with E-state index in [9.17, 15) is 18.0 Å². The fourth-order valence-corrected chi connectivity index (χ4v) is 2.82. The Morgan fingerprint density at radius 1 is 1.18 bits per heavy atom. The number of rotatable bonds is 7. The van der Waals surface area contributed by atoms with Crippen LogP contribution in [0.3, 0.4) is 0 Å². The molecular formula is C14H20N2O5S. The van der Waals surface area contributed by atoms with Gasteiger partial charge in [-0.05, 0) is 38.0 Å². The average Bonchev–Trinajstić information content (AvgIpc) is 2.35. The summed E-state index contributed by atoms with van der Waals surface area (Å²) in [7, 11) is -3.51. The first kappa shape index (κ1) is 18.1. The zero-order valence-electron chi connectivity index (χ0n) is 12.7. The molecule has 0 unspecified atom stereocenters. The van der Waals surface area contributed by atoms with Crippen molar-refractivity contribution in [3.8, 4) is 0 Å². The number of aryl methyl sites for hydroxylation is 1. The van der Waals surface area contributed by atoms with Crippen molar-refractivity contribution in [2.75, 3.05) is 11.6 Å². The van der Waals surface area contributed by atoms with Crippen LogP contribution in [0.1, 0.15) is 25.8 Å². The van der Waals surface area contributed by atoms with Crippen molar-refractivity contribution in [1.82, 2.24) is 4.72 Å². The molecule has 0 aliphatic heterocycles. The summed E-state index contributed by atoms with van der Waals surface area (Å²) in [5, 5.41) is 11.2. The smallest absolute Gasteiger partial charge is 0.303 e. The van der Waals surface area contributed by atoms with E-state index in [2.05, 4.69) is 10.0 Å². The molecule has 3 N–H and O–H groups in total. The van der Waals surface area contributed by atoms with Gasteiger partial charge >= 0.3 is 5.97 Å². The second-order valence-electron chi connectivity index (χ2n) is 5.54. The number of sulfonamides is 1. The highest BCUT2D eigenvalue weighted by Crippen LogP contribution is 2.14. The fraction of sp³-hybridized carbons (Fsp3) is 0.429. The lowest BCUT2D eigenvalue weighted by molar-refractivity contribution is -0.137. The predicted octanol–water partition coefficient (Wildman–Crippen LogP) is 0.970. The number of amides is 1. The Morgan fingerprint density at radius 3 is 2.18 bits per heavy atom. The molecule has 0 aliphatic carbocycles. The standard InChI is InChI=1S/C14H20N2O5S/c1-14(2,16-22(3,20)21)13(19)15-11-7-4-10(5-8-11)6-9-12(17)18/h4-5,7-8,16H,6,9H2,1-3H3,(H,15,19)(H,17,18). The summed E-state index contributed by atoms with van der Waals surface area (Å²) in [6.45, 7) is 2.93. The van der Waals surface area contributed by atoms with Crippen LogP contribution in [0.15, 0.2) is 24.3 Å². The van der Waals surface area contributed by atoms with Crippen molar-refractivity contribution in [2.45, 2.75) is 32.2 Å². The number of carboxylic acids is 1. The molecule has 0 radical (unpaired) electrons. The molecule has 0 saturated heterocycles. The number of anilines is 1. The SMILES string of the molecule is CC(C)(NS(C)(=O)=O)C(=O)Nc1ccc(CCC(=O)O)cc1. The molecule has 0 bridgehead atoms. The third kappa shape index (κ3) is 6.23. The van der Waals surface area contributed by atoms with Gasteiger partial charge in [-0.25, -0.2) is 13.1 Å². The van der Waals surface area contributed by atoms with Crippen molar-refractivity contribution in [3.05, 3.63) is 29.8 Å². The van der Waals surface area contributed by atoms with Crippen LogP contribution in [0.25, 0.3) is 0 Å². The quantitative estimate of drug-likeness (QED) is 0.690. The van der Waals surface area contributed by atoms with E-state index in [1.807, 2.05) is 0 Å². The van der Waals surface area contributed by atoms with Crippen LogP contribution in [0.5, 0.6) is 0 Å². The first-order valence-electron chi connectivity index (χ1n) is 6.61. The largest absolute Gasteiger partial charge is 0.481 e. The van der Waals surface area contributed by atoms with Crippen LogP contribution in [0.4, 0.5) is 5.69 Å².